The summed E-state index contributed by atoms with van der Waals surface area (Å²) < 4.78 is 0. The van der Waals surface area contributed by atoms with Crippen LogP contribution < -0.4 is 5.32 Å². The largest absolute Gasteiger partial charge is 0.324 e. The van der Waals surface area contributed by atoms with Crippen molar-refractivity contribution in [1.82, 2.24) is 4.98 Å². The number of hydrogen-bond acceptors (Lipinski definition) is 3. The van der Waals surface area contributed by atoms with E-state index in [-0.39, 0.29) is 11.2 Å². The number of anilines is 1. The number of halogens is 2. The van der Waals surface area contributed by atoms with Crippen molar-refractivity contribution in [3.05, 3.63) is 64.6 Å². The number of pyridine rings is 1. The van der Waals surface area contributed by atoms with Crippen LogP contribution in [0.2, 0.25) is 10.0 Å². The summed E-state index contributed by atoms with van der Waals surface area (Å²) >= 11 is 13.5. The fourth-order valence-electron chi connectivity index (χ4n) is 2.18. The minimum absolute atomic E-state index is 0.154. The van der Waals surface area contributed by atoms with Gasteiger partial charge in [0.2, 0.25) is 5.91 Å². The van der Waals surface area contributed by atoms with Crippen molar-refractivity contribution in [2.75, 3.05) is 5.32 Å². The fraction of sp³-hybridized carbons (Fsp3) is 0.111. The number of nitrogens with zero attached hydrogens (tertiary/aromatic N) is 1. The first kappa shape index (κ1) is 17.1. The predicted molar refractivity (Wildman–Crippen MR) is 102 cm³/mol. The Kier molecular flexibility index (Phi) is 5.29. The summed E-state index contributed by atoms with van der Waals surface area (Å²) in [5.41, 5.74) is 1.42. The zero-order chi connectivity index (χ0) is 17.1. The molecular formula is C18H14Cl2N2OS. The molecule has 0 aliphatic carbocycles. The van der Waals surface area contributed by atoms with E-state index in [9.17, 15) is 4.79 Å². The first-order valence-electron chi connectivity index (χ1n) is 7.32. The summed E-state index contributed by atoms with van der Waals surface area (Å²) in [6, 6.07) is 16.9. The Morgan fingerprint density at radius 3 is 2.71 bits per heavy atom. The number of hydrogen-bond donors (Lipinski definition) is 1. The third-order valence-corrected chi connectivity index (χ3v) is 5.30. The number of amides is 1. The maximum Gasteiger partial charge on any atom is 0.237 e. The number of nitrogens with one attached hydrogen (secondary N) is 1. The summed E-state index contributed by atoms with van der Waals surface area (Å²) in [6.07, 6.45) is 0. The number of fused-ring (bicyclic) bond motifs is 1. The molecule has 0 radical (unpaired) electrons. The lowest BCUT2D eigenvalue weighted by Crippen LogP contribution is -2.22. The maximum absolute atomic E-state index is 12.4. The molecule has 3 rings (SSSR count). The van der Waals surface area contributed by atoms with E-state index in [1.165, 1.54) is 11.8 Å². The Morgan fingerprint density at radius 1 is 1.08 bits per heavy atom. The van der Waals surface area contributed by atoms with Crippen molar-refractivity contribution < 1.29 is 4.79 Å². The van der Waals surface area contributed by atoms with Crippen molar-refractivity contribution in [1.29, 1.82) is 0 Å². The van der Waals surface area contributed by atoms with E-state index in [1.807, 2.05) is 43.3 Å². The summed E-state index contributed by atoms with van der Waals surface area (Å²) in [4.78, 5) is 17.0. The highest BCUT2D eigenvalue weighted by Crippen LogP contribution is 2.31. The zero-order valence-corrected chi connectivity index (χ0v) is 15.1. The number of thioether (sulfide) groups is 1. The van der Waals surface area contributed by atoms with Crippen molar-refractivity contribution >= 4 is 57.5 Å². The summed E-state index contributed by atoms with van der Waals surface area (Å²) in [7, 11) is 0. The van der Waals surface area contributed by atoms with E-state index in [0.717, 1.165) is 15.9 Å². The molecule has 1 aromatic heterocycles. The molecule has 0 aliphatic heterocycles. The lowest BCUT2D eigenvalue weighted by atomic mass is 10.2. The molecule has 2 aromatic carbocycles. The Labute approximate surface area is 154 Å². The van der Waals surface area contributed by atoms with Gasteiger partial charge < -0.3 is 5.32 Å². The Balaban J connectivity index is 1.72. The quantitative estimate of drug-likeness (QED) is 0.597. The SMILES string of the molecule is CC(Sc1ccc2ccccc2n1)C(=O)Nc1cccc(Cl)c1Cl. The number of benzene rings is 2. The molecule has 1 heterocycles. The number of carbonyl (C=O) groups excluding carboxylic acids is 1. The highest BCUT2D eigenvalue weighted by molar-refractivity contribution is 8.00. The molecule has 24 heavy (non-hydrogen) atoms. The van der Waals surface area contributed by atoms with E-state index in [1.54, 1.807) is 18.2 Å². The highest BCUT2D eigenvalue weighted by Gasteiger charge is 2.17. The Hall–Kier alpha value is -1.75. The van der Waals surface area contributed by atoms with Gasteiger partial charge >= 0.3 is 0 Å². The molecule has 0 spiro atoms. The van der Waals surface area contributed by atoms with Crippen molar-refractivity contribution in [3.8, 4) is 0 Å². The van der Waals surface area contributed by atoms with Crippen LogP contribution in [-0.2, 0) is 4.79 Å². The second-order valence-corrected chi connectivity index (χ2v) is 7.34. The highest BCUT2D eigenvalue weighted by atomic mass is 35.5. The first-order valence-corrected chi connectivity index (χ1v) is 8.95. The van der Waals surface area contributed by atoms with Crippen molar-refractivity contribution in [2.45, 2.75) is 17.2 Å². The van der Waals surface area contributed by atoms with Crippen molar-refractivity contribution in [2.24, 2.45) is 0 Å². The van der Waals surface area contributed by atoms with Gasteiger partial charge in [-0.05, 0) is 31.2 Å². The monoisotopic (exact) mass is 376 g/mol. The van der Waals surface area contributed by atoms with Gasteiger partial charge in [-0.25, -0.2) is 4.98 Å². The second kappa shape index (κ2) is 7.43. The van der Waals surface area contributed by atoms with Crippen LogP contribution in [0, 0.1) is 0 Å². The molecule has 1 N–H and O–H groups in total. The number of carbonyl (C=O) groups is 1. The van der Waals surface area contributed by atoms with Crippen LogP contribution in [0.25, 0.3) is 10.9 Å². The minimum Gasteiger partial charge on any atom is -0.324 e. The van der Waals surface area contributed by atoms with Crippen LogP contribution in [0.15, 0.2) is 59.6 Å². The maximum atomic E-state index is 12.4. The fourth-order valence-corrected chi connectivity index (χ4v) is 3.36. The van der Waals surface area contributed by atoms with Gasteiger partial charge in [-0.2, -0.15) is 0 Å². The van der Waals surface area contributed by atoms with Gasteiger partial charge in [0.1, 0.15) is 0 Å². The molecule has 0 bridgehead atoms. The molecule has 6 heteroatoms. The smallest absolute Gasteiger partial charge is 0.237 e. The van der Waals surface area contributed by atoms with Gasteiger partial charge in [-0.1, -0.05) is 65.3 Å². The van der Waals surface area contributed by atoms with E-state index >= 15 is 0 Å². The first-order chi connectivity index (χ1) is 11.5. The molecule has 0 saturated heterocycles. The topological polar surface area (TPSA) is 42.0 Å². The standard InChI is InChI=1S/C18H14Cl2N2OS/c1-11(18(23)22-15-8-4-6-13(19)17(15)20)24-16-10-9-12-5-2-3-7-14(12)21-16/h2-11H,1H3,(H,22,23). The predicted octanol–water partition coefficient (Wildman–Crippen LogP) is 5.66. The normalized spacial score (nSPS) is 12.1. The summed E-state index contributed by atoms with van der Waals surface area (Å²) in [5, 5.41) is 5.10. The average molecular weight is 377 g/mol. The Morgan fingerprint density at radius 2 is 1.88 bits per heavy atom. The van der Waals surface area contributed by atoms with Crippen LogP contribution in [0.5, 0.6) is 0 Å². The van der Waals surface area contributed by atoms with Crippen LogP contribution in [0.1, 0.15) is 6.92 Å². The number of para-hydroxylation sites is 1. The molecule has 0 aliphatic rings. The van der Waals surface area contributed by atoms with Crippen LogP contribution >= 0.6 is 35.0 Å². The summed E-state index contributed by atoms with van der Waals surface area (Å²) in [5.74, 6) is -0.154. The zero-order valence-electron chi connectivity index (χ0n) is 12.8. The number of aromatic nitrogens is 1. The third-order valence-electron chi connectivity index (χ3n) is 3.45. The molecule has 1 atom stereocenters. The van der Waals surface area contributed by atoms with Gasteiger partial charge in [0.05, 0.1) is 31.5 Å². The lowest BCUT2D eigenvalue weighted by Gasteiger charge is -2.13. The van der Waals surface area contributed by atoms with Gasteiger partial charge in [0.25, 0.3) is 0 Å². The molecule has 0 fully saturated rings. The molecule has 1 amide bonds. The third kappa shape index (κ3) is 3.83. The molecular weight excluding hydrogens is 363 g/mol. The molecule has 3 aromatic rings. The van der Waals surface area contributed by atoms with E-state index in [4.69, 9.17) is 23.2 Å². The summed E-state index contributed by atoms with van der Waals surface area (Å²) in [6.45, 7) is 1.83. The minimum atomic E-state index is -0.325. The van der Waals surface area contributed by atoms with Crippen LogP contribution in [0.3, 0.4) is 0 Å². The lowest BCUT2D eigenvalue weighted by molar-refractivity contribution is -0.115. The van der Waals surface area contributed by atoms with Gasteiger partial charge in [-0.15, -0.1) is 0 Å². The van der Waals surface area contributed by atoms with Crippen molar-refractivity contribution in [3.63, 3.8) is 0 Å². The molecule has 3 nitrogen and oxygen atoms in total. The van der Waals surface area contributed by atoms with E-state index < -0.39 is 0 Å². The van der Waals surface area contributed by atoms with Gasteiger partial charge in [0, 0.05) is 5.39 Å². The average Bonchev–Trinajstić information content (AvgIpc) is 2.58. The van der Waals surface area contributed by atoms with E-state index in [2.05, 4.69) is 10.3 Å². The molecule has 0 saturated carbocycles. The number of rotatable bonds is 4. The Bertz CT molecular complexity index is 901. The molecule has 122 valence electrons. The molecule has 1 unspecified atom stereocenters. The van der Waals surface area contributed by atoms with Crippen LogP contribution in [0.4, 0.5) is 5.69 Å². The van der Waals surface area contributed by atoms with Gasteiger partial charge in [-0.3, -0.25) is 4.79 Å². The van der Waals surface area contributed by atoms with E-state index in [0.29, 0.717) is 15.7 Å². The van der Waals surface area contributed by atoms with Crippen LogP contribution in [-0.4, -0.2) is 16.1 Å². The van der Waals surface area contributed by atoms with Gasteiger partial charge in [0.15, 0.2) is 0 Å². The second-order valence-electron chi connectivity index (χ2n) is 5.19.